The maximum absolute atomic E-state index is 11.0. The van der Waals surface area contributed by atoms with Crippen LogP contribution in [-0.2, 0) is 27.1 Å². The summed E-state index contributed by atoms with van der Waals surface area (Å²) in [4.78, 5) is 0. The minimum absolute atomic E-state index is 0.000521. The molecule has 0 saturated heterocycles. The van der Waals surface area contributed by atoms with Crippen LogP contribution in [0.2, 0.25) is 0 Å². The highest BCUT2D eigenvalue weighted by atomic mass is 14.9. The third kappa shape index (κ3) is 3.88. The molecule has 0 aliphatic heterocycles. The second kappa shape index (κ2) is 10.7. The van der Waals surface area contributed by atoms with Gasteiger partial charge < -0.3 is 4.40 Å². The zero-order valence-electron chi connectivity index (χ0n) is 38.0. The van der Waals surface area contributed by atoms with Crippen molar-refractivity contribution in [2.75, 3.05) is 0 Å². The number of hydrogen-bond acceptors (Lipinski definition) is 2. The highest BCUT2D eigenvalue weighted by Gasteiger charge is 2.62. The largest absolute Gasteiger partial charge is 0.308 e. The van der Waals surface area contributed by atoms with E-state index in [-0.39, 0.29) is 27.1 Å². The number of fused-ring (bicyclic) bond motifs is 24. The quantitative estimate of drug-likeness (QED) is 0.153. The van der Waals surface area contributed by atoms with Gasteiger partial charge in [0.25, 0.3) is 0 Å². The van der Waals surface area contributed by atoms with Crippen molar-refractivity contribution >= 4 is 38.1 Å². The maximum Gasteiger partial charge on any atom is 0.0995 e. The van der Waals surface area contributed by atoms with Crippen molar-refractivity contribution in [2.45, 2.75) is 165 Å². The number of aromatic nitrogens is 1. The van der Waals surface area contributed by atoms with E-state index in [1.54, 1.807) is 0 Å². The van der Waals surface area contributed by atoms with Crippen LogP contribution in [0.15, 0.2) is 48.5 Å². The van der Waals surface area contributed by atoms with Gasteiger partial charge in [-0.25, -0.2) is 0 Å². The van der Waals surface area contributed by atoms with Crippen molar-refractivity contribution in [3.63, 3.8) is 0 Å². The van der Waals surface area contributed by atoms with Gasteiger partial charge in [-0.2, -0.15) is 10.5 Å². The van der Waals surface area contributed by atoms with Crippen LogP contribution in [0.5, 0.6) is 0 Å². The Morgan fingerprint density at radius 3 is 1.31 bits per heavy atom. The summed E-state index contributed by atoms with van der Waals surface area (Å²) in [7, 11) is 0. The molecule has 0 amide bonds. The van der Waals surface area contributed by atoms with Gasteiger partial charge in [0.2, 0.25) is 0 Å². The lowest BCUT2D eigenvalue weighted by Gasteiger charge is -2.61. The first-order valence-electron chi connectivity index (χ1n) is 23.4. The van der Waals surface area contributed by atoms with Crippen molar-refractivity contribution in [2.24, 2.45) is 0 Å². The standard InChI is InChI=1S/C58H57N3/c1-54(2,3)34-16-18-36-38(24-34)56(7,8)58(11)52-46(36)50-48-40(22-32(26-59)42-28-12-14-30(20-28)44(42)48)61-41-23-33(27-60)43-29-13-15-31(21-29)45(43)49(41)51(53(50)61)47(52)37-19-17-35(55(4,5)6)25-39(37)57(58,9)10/h16-19,22-25,28-31H,12-15,20-21H2,1-11H3. The van der Waals surface area contributed by atoms with Crippen LogP contribution in [0.4, 0.5) is 0 Å². The van der Waals surface area contributed by atoms with E-state index in [4.69, 9.17) is 0 Å². The first kappa shape index (κ1) is 36.5. The molecule has 4 atom stereocenters. The lowest BCUT2D eigenvalue weighted by molar-refractivity contribution is 0.157. The smallest absolute Gasteiger partial charge is 0.0995 e. The molecule has 0 spiro atoms. The molecule has 6 aliphatic rings. The fraction of sp³-hybridized carbons (Fsp3) is 0.448. The molecule has 4 bridgehead atoms. The maximum atomic E-state index is 11.0. The van der Waals surface area contributed by atoms with Gasteiger partial charge in [0.05, 0.1) is 39.8 Å². The second-order valence-electron chi connectivity index (χ2n) is 23.9. The molecule has 2 heterocycles. The molecule has 3 heteroatoms. The van der Waals surface area contributed by atoms with E-state index < -0.39 is 0 Å². The molecule has 0 radical (unpaired) electrons. The number of hydrogen-bond donors (Lipinski definition) is 0. The summed E-state index contributed by atoms with van der Waals surface area (Å²) in [6.45, 7) is 27.1. The minimum Gasteiger partial charge on any atom is -0.308 e. The van der Waals surface area contributed by atoms with Gasteiger partial charge in [-0.1, -0.05) is 113 Å². The SMILES string of the molecule is CC(C)(C)c1ccc2c(c1)C(C)(C)C1(C)c3c-2c2c4c5c(c(C#N)cc4n4c6cc(C#N)c7c(c6c(c3-c3ccc(C(C)(C)C)cc3C1(C)C)c24)C1CCC7C1)C1CCC5C1. The van der Waals surface area contributed by atoms with Crippen LogP contribution >= 0.6 is 0 Å². The van der Waals surface area contributed by atoms with Crippen LogP contribution in [0.25, 0.3) is 60.3 Å². The summed E-state index contributed by atoms with van der Waals surface area (Å²) in [6, 6.07) is 25.1. The summed E-state index contributed by atoms with van der Waals surface area (Å²) >= 11 is 0. The molecule has 13 rings (SSSR count). The predicted octanol–water partition coefficient (Wildman–Crippen LogP) is 15.1. The fourth-order valence-electron chi connectivity index (χ4n) is 15.5. The molecule has 0 N–H and O–H groups in total. The minimum atomic E-state index is -0.316. The molecule has 2 aromatic heterocycles. The zero-order chi connectivity index (χ0) is 42.4. The van der Waals surface area contributed by atoms with E-state index >= 15 is 0 Å². The van der Waals surface area contributed by atoms with Crippen LogP contribution < -0.4 is 0 Å². The van der Waals surface area contributed by atoms with Gasteiger partial charge >= 0.3 is 0 Å². The molecule has 7 aromatic rings. The molecule has 2 saturated carbocycles. The first-order chi connectivity index (χ1) is 28.8. The molecular formula is C58H57N3. The molecule has 61 heavy (non-hydrogen) atoms. The average molecular weight is 796 g/mol. The Labute approximate surface area is 361 Å². The molecule has 304 valence electrons. The van der Waals surface area contributed by atoms with Crippen molar-refractivity contribution in [3.8, 4) is 34.4 Å². The Bertz CT molecular complexity index is 3120. The van der Waals surface area contributed by atoms with E-state index in [0.717, 1.165) is 24.0 Å². The fourth-order valence-corrected chi connectivity index (χ4v) is 15.5. The van der Waals surface area contributed by atoms with E-state index in [0.29, 0.717) is 23.7 Å². The molecule has 2 fully saturated rings. The van der Waals surface area contributed by atoms with E-state index in [1.165, 1.54) is 136 Å². The third-order valence-electron chi connectivity index (χ3n) is 18.8. The van der Waals surface area contributed by atoms with Gasteiger partial charge in [0.15, 0.2) is 0 Å². The lowest BCUT2D eigenvalue weighted by Crippen LogP contribution is -2.58. The Kier molecular flexibility index (Phi) is 6.42. The van der Waals surface area contributed by atoms with Gasteiger partial charge in [-0.15, -0.1) is 0 Å². The molecule has 6 aliphatic carbocycles. The summed E-state index contributed by atoms with van der Waals surface area (Å²) in [5.74, 6) is 1.85. The first-order valence-corrected chi connectivity index (χ1v) is 23.4. The van der Waals surface area contributed by atoms with Gasteiger partial charge in [0, 0.05) is 37.8 Å². The predicted molar refractivity (Wildman–Crippen MR) is 251 cm³/mol. The highest BCUT2D eigenvalue weighted by molar-refractivity contribution is 6.34. The van der Waals surface area contributed by atoms with E-state index in [9.17, 15) is 10.5 Å². The zero-order valence-corrected chi connectivity index (χ0v) is 38.0. The third-order valence-corrected chi connectivity index (χ3v) is 18.8. The van der Waals surface area contributed by atoms with Gasteiger partial charge in [0.1, 0.15) is 0 Å². The molecular weight excluding hydrogens is 739 g/mol. The summed E-state index contributed by atoms with van der Waals surface area (Å²) < 4.78 is 2.59. The van der Waals surface area contributed by atoms with E-state index in [2.05, 4.69) is 141 Å². The normalized spacial score (nSPS) is 25.9. The summed E-state index contributed by atoms with van der Waals surface area (Å²) in [6.07, 6.45) is 7.06. The van der Waals surface area contributed by atoms with Crippen molar-refractivity contribution < 1.29 is 0 Å². The van der Waals surface area contributed by atoms with Gasteiger partial charge in [-0.3, -0.25) is 0 Å². The molecule has 3 nitrogen and oxygen atoms in total. The van der Waals surface area contributed by atoms with E-state index in [1.807, 2.05) is 0 Å². The van der Waals surface area contributed by atoms with Crippen molar-refractivity contribution in [1.29, 1.82) is 10.5 Å². The van der Waals surface area contributed by atoms with Crippen molar-refractivity contribution in [1.82, 2.24) is 4.40 Å². The summed E-state index contributed by atoms with van der Waals surface area (Å²) in [5, 5.41) is 27.6. The monoisotopic (exact) mass is 795 g/mol. The molecule has 5 aromatic carbocycles. The number of benzene rings is 5. The molecule has 4 unspecified atom stereocenters. The highest BCUT2D eigenvalue weighted by Crippen LogP contribution is 2.71. The van der Waals surface area contributed by atoms with Gasteiger partial charge in [-0.05, 0) is 157 Å². The topological polar surface area (TPSA) is 52.0 Å². The second-order valence-corrected chi connectivity index (χ2v) is 23.9. The number of rotatable bonds is 0. The average Bonchev–Trinajstić information content (AvgIpc) is 4.08. The van der Waals surface area contributed by atoms with Crippen LogP contribution in [0.3, 0.4) is 0 Å². The number of nitrogens with zero attached hydrogens (tertiary/aromatic N) is 3. The van der Waals surface area contributed by atoms with Crippen LogP contribution in [-0.4, -0.2) is 4.40 Å². The van der Waals surface area contributed by atoms with Crippen molar-refractivity contribution in [3.05, 3.63) is 110 Å². The number of nitriles is 2. The Balaban J connectivity index is 1.37. The summed E-state index contributed by atoms with van der Waals surface area (Å²) in [5.41, 5.74) is 23.0. The Hall–Kier alpha value is -5.12. The Morgan fingerprint density at radius 1 is 0.541 bits per heavy atom. The Morgan fingerprint density at radius 2 is 0.934 bits per heavy atom. The van der Waals surface area contributed by atoms with Crippen LogP contribution in [0, 0.1) is 22.7 Å². The lowest BCUT2D eigenvalue weighted by atomic mass is 9.41. The van der Waals surface area contributed by atoms with Crippen LogP contribution in [0.1, 0.15) is 200 Å².